The molecule has 0 bridgehead atoms. The summed E-state index contributed by atoms with van der Waals surface area (Å²) in [7, 11) is 3.26. The first kappa shape index (κ1) is 36.7. The molecule has 12 nitrogen and oxygen atoms in total. The number of carbonyl (C=O) groups is 5. The van der Waals surface area contributed by atoms with Crippen LogP contribution in [0.3, 0.4) is 0 Å². The van der Waals surface area contributed by atoms with Crippen molar-refractivity contribution in [3.05, 3.63) is 0 Å². The van der Waals surface area contributed by atoms with Gasteiger partial charge in [-0.05, 0) is 71.4 Å². The molecule has 0 aromatic carbocycles. The highest BCUT2D eigenvalue weighted by Crippen LogP contribution is 2.33. The van der Waals surface area contributed by atoms with E-state index in [9.17, 15) is 24.0 Å². The fourth-order valence-corrected chi connectivity index (χ4v) is 6.91. The van der Waals surface area contributed by atoms with E-state index in [1.54, 1.807) is 0 Å². The highest BCUT2D eigenvalue weighted by molar-refractivity contribution is 8.00. The molecule has 0 spiro atoms. The van der Waals surface area contributed by atoms with Crippen LogP contribution in [0.15, 0.2) is 0 Å². The summed E-state index contributed by atoms with van der Waals surface area (Å²) >= 11 is 1.89. The number of unbranched alkanes of at least 4 members (excludes halogenated alkanes) is 6. The van der Waals surface area contributed by atoms with Gasteiger partial charge in [-0.2, -0.15) is 11.8 Å². The molecule has 0 saturated carbocycles. The van der Waals surface area contributed by atoms with Crippen LogP contribution in [0.5, 0.6) is 0 Å². The predicted molar refractivity (Wildman–Crippen MR) is 169 cm³/mol. The molecule has 43 heavy (non-hydrogen) atoms. The summed E-state index contributed by atoms with van der Waals surface area (Å²) in [6, 6.07) is -0.180. The summed E-state index contributed by atoms with van der Waals surface area (Å²) in [6.07, 6.45) is 11.0. The lowest BCUT2D eigenvalue weighted by atomic mass is 10.0. The zero-order valence-electron chi connectivity index (χ0n) is 26.1. The van der Waals surface area contributed by atoms with Gasteiger partial charge in [0.15, 0.2) is 0 Å². The molecular formula is C30H54N6O6S. The van der Waals surface area contributed by atoms with Crippen LogP contribution in [-0.2, 0) is 23.9 Å². The van der Waals surface area contributed by atoms with Crippen molar-refractivity contribution in [1.29, 1.82) is 0 Å². The van der Waals surface area contributed by atoms with Crippen LogP contribution in [0.1, 0.15) is 96.3 Å². The molecule has 0 aromatic heterocycles. The average molecular weight is 627 g/mol. The van der Waals surface area contributed by atoms with Crippen molar-refractivity contribution >= 4 is 41.5 Å². The maximum atomic E-state index is 12.8. The quantitative estimate of drug-likeness (QED) is 0.0538. The van der Waals surface area contributed by atoms with E-state index in [2.05, 4.69) is 36.6 Å². The van der Waals surface area contributed by atoms with Crippen LogP contribution >= 0.6 is 11.8 Å². The minimum Gasteiger partial charge on any atom is -0.469 e. The molecule has 13 heteroatoms. The number of amides is 5. The lowest BCUT2D eigenvalue weighted by molar-refractivity contribution is -0.140. The number of esters is 1. The number of fused-ring (bicyclic) bond motifs is 1. The molecule has 4 unspecified atom stereocenters. The van der Waals surface area contributed by atoms with Gasteiger partial charge in [0.2, 0.25) is 17.7 Å². The van der Waals surface area contributed by atoms with Crippen molar-refractivity contribution in [3.63, 3.8) is 0 Å². The fraction of sp³-hybridized carbons (Fsp3) is 0.833. The van der Waals surface area contributed by atoms with Crippen LogP contribution in [-0.4, -0.2) is 92.6 Å². The second-order valence-electron chi connectivity index (χ2n) is 11.4. The molecule has 6 N–H and O–H groups in total. The van der Waals surface area contributed by atoms with Crippen molar-refractivity contribution in [1.82, 2.24) is 31.9 Å². The van der Waals surface area contributed by atoms with Crippen molar-refractivity contribution in [2.45, 2.75) is 120 Å². The Labute approximate surface area is 261 Å². The standard InChI is InChI=1S/C30H54N6O6S/c1-31-18-12-9-13-22(29(40)33-20-11-4-6-17-27(39)42-2)34-26(38)16-5-3-10-19-32-25(37)15-8-7-14-24-28-23(21-43-24)35-30(41)36-28/h22-24,28,31H,3-21H2,1-2H3,(H,32,37)(H,33,40)(H,34,38)(H2,35,36,41). The van der Waals surface area contributed by atoms with Gasteiger partial charge >= 0.3 is 12.0 Å². The number of thioether (sulfide) groups is 1. The van der Waals surface area contributed by atoms with Crippen LogP contribution in [0.25, 0.3) is 0 Å². The molecule has 0 aliphatic carbocycles. The van der Waals surface area contributed by atoms with Gasteiger partial charge in [0.1, 0.15) is 6.04 Å². The molecular weight excluding hydrogens is 572 g/mol. The number of ether oxygens (including phenoxy) is 1. The number of nitrogens with one attached hydrogen (secondary N) is 6. The summed E-state index contributed by atoms with van der Waals surface area (Å²) in [5.74, 6) is 0.487. The van der Waals surface area contributed by atoms with Crippen LogP contribution in [0.2, 0.25) is 0 Å². The Bertz CT molecular complexity index is 878. The lowest BCUT2D eigenvalue weighted by Crippen LogP contribution is -2.47. The van der Waals surface area contributed by atoms with E-state index in [1.165, 1.54) is 7.11 Å². The molecule has 2 fully saturated rings. The number of methoxy groups -OCH3 is 1. The van der Waals surface area contributed by atoms with E-state index in [0.29, 0.717) is 50.4 Å². The molecule has 2 heterocycles. The number of carbonyl (C=O) groups excluding carboxylic acids is 5. The normalized spacial score (nSPS) is 19.6. The topological polar surface area (TPSA) is 167 Å². The first-order valence-corrected chi connectivity index (χ1v) is 17.1. The number of urea groups is 1. The Morgan fingerprint density at radius 2 is 1.51 bits per heavy atom. The third-order valence-corrected chi connectivity index (χ3v) is 9.40. The van der Waals surface area contributed by atoms with Crippen molar-refractivity contribution in [2.75, 3.05) is 39.5 Å². The summed E-state index contributed by atoms with van der Waals surface area (Å²) < 4.78 is 4.64. The number of hydrogen-bond donors (Lipinski definition) is 6. The number of hydrogen-bond acceptors (Lipinski definition) is 8. The summed E-state index contributed by atoms with van der Waals surface area (Å²) in [4.78, 5) is 60.2. The van der Waals surface area contributed by atoms with E-state index in [1.807, 2.05) is 18.8 Å². The monoisotopic (exact) mass is 626 g/mol. The molecule has 4 atom stereocenters. The summed E-state index contributed by atoms with van der Waals surface area (Å²) in [5.41, 5.74) is 0. The SMILES string of the molecule is CNCCCCC(NC(=O)CCCCCNC(=O)CCCCC1SCC2NC(=O)NC21)C(=O)NCCCCCC(=O)OC. The zero-order chi connectivity index (χ0) is 31.3. The predicted octanol–water partition coefficient (Wildman–Crippen LogP) is 2.11. The van der Waals surface area contributed by atoms with E-state index in [-0.39, 0.29) is 41.8 Å². The summed E-state index contributed by atoms with van der Waals surface area (Å²) in [5, 5.41) is 18.3. The number of rotatable bonds is 24. The third-order valence-electron chi connectivity index (χ3n) is 7.89. The first-order valence-electron chi connectivity index (χ1n) is 16.1. The Hall–Kier alpha value is -2.54. The van der Waals surface area contributed by atoms with Gasteiger partial charge in [0.25, 0.3) is 0 Å². The van der Waals surface area contributed by atoms with Gasteiger partial charge in [-0.15, -0.1) is 0 Å². The second kappa shape index (κ2) is 22.0. The smallest absolute Gasteiger partial charge is 0.315 e. The largest absolute Gasteiger partial charge is 0.469 e. The minimum atomic E-state index is -0.555. The Kier molecular flexibility index (Phi) is 18.8. The van der Waals surface area contributed by atoms with Gasteiger partial charge in [0.05, 0.1) is 19.2 Å². The van der Waals surface area contributed by atoms with Crippen LogP contribution in [0.4, 0.5) is 4.79 Å². The molecule has 0 aromatic rings. The molecule has 2 rings (SSSR count). The van der Waals surface area contributed by atoms with Crippen molar-refractivity contribution in [2.24, 2.45) is 0 Å². The molecule has 246 valence electrons. The Balaban J connectivity index is 1.52. The van der Waals surface area contributed by atoms with Gasteiger partial charge < -0.3 is 36.6 Å². The van der Waals surface area contributed by atoms with Crippen LogP contribution < -0.4 is 31.9 Å². The molecule has 5 amide bonds. The maximum Gasteiger partial charge on any atom is 0.315 e. The van der Waals surface area contributed by atoms with Crippen LogP contribution in [0, 0.1) is 0 Å². The summed E-state index contributed by atoms with van der Waals surface area (Å²) in [6.45, 7) is 1.96. The Morgan fingerprint density at radius 1 is 0.837 bits per heavy atom. The highest BCUT2D eigenvalue weighted by atomic mass is 32.2. The molecule has 0 radical (unpaired) electrons. The molecule has 2 aliphatic rings. The van der Waals surface area contributed by atoms with E-state index < -0.39 is 6.04 Å². The average Bonchev–Trinajstić information content (AvgIpc) is 3.55. The zero-order valence-corrected chi connectivity index (χ0v) is 26.9. The van der Waals surface area contributed by atoms with Gasteiger partial charge in [0, 0.05) is 43.4 Å². The van der Waals surface area contributed by atoms with Gasteiger partial charge in [-0.1, -0.05) is 19.3 Å². The maximum absolute atomic E-state index is 12.8. The lowest BCUT2D eigenvalue weighted by Gasteiger charge is -2.18. The first-order chi connectivity index (χ1) is 20.8. The highest BCUT2D eigenvalue weighted by Gasteiger charge is 2.42. The molecule has 2 saturated heterocycles. The fourth-order valence-electron chi connectivity index (χ4n) is 5.37. The van der Waals surface area contributed by atoms with E-state index >= 15 is 0 Å². The van der Waals surface area contributed by atoms with Crippen molar-refractivity contribution in [3.8, 4) is 0 Å². The van der Waals surface area contributed by atoms with E-state index in [0.717, 1.165) is 76.5 Å². The van der Waals surface area contributed by atoms with E-state index in [4.69, 9.17) is 0 Å². The van der Waals surface area contributed by atoms with Gasteiger partial charge in [-0.3, -0.25) is 19.2 Å². The van der Waals surface area contributed by atoms with Gasteiger partial charge in [-0.25, -0.2) is 4.79 Å². The molecule has 2 aliphatic heterocycles. The van der Waals surface area contributed by atoms with Crippen molar-refractivity contribution < 1.29 is 28.7 Å². The minimum absolute atomic E-state index is 0.0566. The third kappa shape index (κ3) is 15.7. The Morgan fingerprint density at radius 3 is 2.26 bits per heavy atom. The second-order valence-corrected chi connectivity index (χ2v) is 12.7.